The Morgan fingerprint density at radius 1 is 0.923 bits per heavy atom. The minimum atomic E-state index is 0.357. The summed E-state index contributed by atoms with van der Waals surface area (Å²) < 4.78 is 3.40. The van der Waals surface area contributed by atoms with Crippen LogP contribution in [0.1, 0.15) is 26.7 Å². The van der Waals surface area contributed by atoms with Crippen LogP contribution in [0.2, 0.25) is 0 Å². The molecule has 0 unspecified atom stereocenters. The van der Waals surface area contributed by atoms with E-state index in [1.807, 2.05) is 0 Å². The summed E-state index contributed by atoms with van der Waals surface area (Å²) in [4.78, 5) is 0. The molecule has 0 bridgehead atoms. The normalized spacial score (nSPS) is 21.4. The van der Waals surface area contributed by atoms with Gasteiger partial charge in [0.2, 0.25) is 0 Å². The van der Waals surface area contributed by atoms with Crippen LogP contribution in [0.5, 0.6) is 0 Å². The van der Waals surface area contributed by atoms with Gasteiger partial charge in [0.1, 0.15) is 0 Å². The van der Waals surface area contributed by atoms with Gasteiger partial charge in [-0.25, -0.2) is 0 Å². The Kier molecular flexibility index (Phi) is 2.64. The van der Waals surface area contributed by atoms with Crippen LogP contribution in [0.3, 0.4) is 0 Å². The predicted molar refractivity (Wildman–Crippen MR) is 52.9 cm³/mol. The molecule has 0 aromatic rings. The fourth-order valence-electron chi connectivity index (χ4n) is 1.51. The molecule has 0 aromatic heterocycles. The van der Waals surface area contributed by atoms with Gasteiger partial charge in [-0.2, -0.15) is 0 Å². The number of allylic oxidation sites excluding steroid dienone is 8. The van der Waals surface area contributed by atoms with Gasteiger partial charge in [-0.05, 0) is 0 Å². The van der Waals surface area contributed by atoms with E-state index in [0.29, 0.717) is 17.1 Å². The Morgan fingerprint density at radius 2 is 1.38 bits per heavy atom. The van der Waals surface area contributed by atoms with Crippen molar-refractivity contribution < 1.29 is 17.1 Å². The summed E-state index contributed by atoms with van der Waals surface area (Å²) in [7, 11) is 0. The van der Waals surface area contributed by atoms with Crippen LogP contribution in [-0.4, -0.2) is 0 Å². The van der Waals surface area contributed by atoms with Gasteiger partial charge in [0, 0.05) is 0 Å². The summed E-state index contributed by atoms with van der Waals surface area (Å²) in [6.07, 6.45) is 11.5. The van der Waals surface area contributed by atoms with Gasteiger partial charge in [-0.3, -0.25) is 0 Å². The molecule has 13 heavy (non-hydrogen) atoms. The molecule has 2 aliphatic carbocycles. The van der Waals surface area contributed by atoms with E-state index in [-0.39, 0.29) is 0 Å². The molecule has 2 rings (SSSR count). The number of hydrogen-bond donors (Lipinski definition) is 0. The van der Waals surface area contributed by atoms with Gasteiger partial charge in [-0.1, -0.05) is 0 Å². The van der Waals surface area contributed by atoms with Crippen LogP contribution >= 0.6 is 0 Å². The molecule has 0 aromatic carbocycles. The molecular formula is C12H14Ru. The Morgan fingerprint density at radius 3 is 1.69 bits per heavy atom. The summed E-state index contributed by atoms with van der Waals surface area (Å²) in [6, 6.07) is 0. The molecular weight excluding hydrogens is 245 g/mol. The van der Waals surface area contributed by atoms with E-state index in [9.17, 15) is 0 Å². The first-order valence-electron chi connectivity index (χ1n) is 4.62. The van der Waals surface area contributed by atoms with E-state index < -0.39 is 0 Å². The first kappa shape index (κ1) is 9.15. The van der Waals surface area contributed by atoms with Crippen LogP contribution in [0.15, 0.2) is 43.8 Å². The van der Waals surface area contributed by atoms with Crippen LogP contribution in [0.4, 0.5) is 0 Å². The van der Waals surface area contributed by atoms with E-state index in [1.54, 1.807) is 8.33 Å². The van der Waals surface area contributed by atoms with Gasteiger partial charge in [0.15, 0.2) is 0 Å². The summed E-state index contributed by atoms with van der Waals surface area (Å²) in [5.41, 5.74) is 3.04. The van der Waals surface area contributed by atoms with E-state index in [0.717, 1.165) is 0 Å². The van der Waals surface area contributed by atoms with Crippen LogP contribution < -0.4 is 0 Å². The number of rotatable bonds is 2. The molecule has 0 nitrogen and oxygen atoms in total. The zero-order valence-electron chi connectivity index (χ0n) is 8.08. The Bertz CT molecular complexity index is 306. The molecule has 0 aliphatic heterocycles. The molecule has 0 N–H and O–H groups in total. The van der Waals surface area contributed by atoms with Crippen LogP contribution in [-0.2, 0) is 17.1 Å². The average Bonchev–Trinajstić information content (AvgIpc) is 2.65. The van der Waals surface area contributed by atoms with Crippen molar-refractivity contribution in [1.82, 2.24) is 0 Å². The minimum absolute atomic E-state index is 0.357. The molecule has 1 heteroatoms. The molecule has 0 saturated carbocycles. The van der Waals surface area contributed by atoms with Gasteiger partial charge in [0.25, 0.3) is 0 Å². The average molecular weight is 259 g/mol. The van der Waals surface area contributed by atoms with E-state index in [2.05, 4.69) is 38.2 Å². The fourth-order valence-corrected chi connectivity index (χ4v) is 3.88. The Hall–Kier alpha value is -0.417. The standard InChI is InChI=1S/2C6H7.Ru/c2*1-6-4-2-3-5-6;/h2*2,4H,3H2,1H3;. The summed E-state index contributed by atoms with van der Waals surface area (Å²) in [5, 5.41) is 0. The predicted octanol–water partition coefficient (Wildman–Crippen LogP) is 3.54. The second kappa shape index (κ2) is 3.76. The molecule has 0 radical (unpaired) electrons. The van der Waals surface area contributed by atoms with Crippen LogP contribution in [0, 0.1) is 0 Å². The zero-order chi connectivity index (χ0) is 9.26. The van der Waals surface area contributed by atoms with Crippen molar-refractivity contribution in [2.75, 3.05) is 0 Å². The van der Waals surface area contributed by atoms with Crippen LogP contribution in [0.25, 0.3) is 0 Å². The molecule has 2 aliphatic rings. The van der Waals surface area contributed by atoms with Crippen molar-refractivity contribution in [2.45, 2.75) is 26.7 Å². The first-order valence-corrected chi connectivity index (χ1v) is 6.36. The third-order valence-electron chi connectivity index (χ3n) is 2.37. The second-order valence-electron chi connectivity index (χ2n) is 3.45. The second-order valence-corrected chi connectivity index (χ2v) is 5.98. The maximum absolute atomic E-state index is 2.29. The molecule has 0 amide bonds. The molecule has 0 saturated heterocycles. The van der Waals surface area contributed by atoms with Gasteiger partial charge < -0.3 is 0 Å². The summed E-state index contributed by atoms with van der Waals surface area (Å²) in [5.74, 6) is 0. The van der Waals surface area contributed by atoms with Crippen molar-refractivity contribution in [1.29, 1.82) is 0 Å². The van der Waals surface area contributed by atoms with E-state index in [1.165, 1.54) is 24.0 Å². The van der Waals surface area contributed by atoms with Crippen molar-refractivity contribution in [3.05, 3.63) is 43.8 Å². The topological polar surface area (TPSA) is 0 Å². The summed E-state index contributed by atoms with van der Waals surface area (Å²) >= 11 is 0.357. The van der Waals surface area contributed by atoms with Gasteiger partial charge in [0.05, 0.1) is 0 Å². The molecule has 0 spiro atoms. The first-order chi connectivity index (χ1) is 6.27. The monoisotopic (exact) mass is 260 g/mol. The molecule has 70 valence electrons. The third kappa shape index (κ3) is 1.91. The number of hydrogen-bond acceptors (Lipinski definition) is 0. The summed E-state index contributed by atoms with van der Waals surface area (Å²) in [6.45, 7) is 4.48. The Labute approximate surface area is 87.7 Å². The zero-order valence-corrected chi connectivity index (χ0v) is 9.82. The van der Waals surface area contributed by atoms with Crippen molar-refractivity contribution in [2.24, 2.45) is 0 Å². The van der Waals surface area contributed by atoms with Gasteiger partial charge >= 0.3 is 87.6 Å². The van der Waals surface area contributed by atoms with Gasteiger partial charge in [-0.15, -0.1) is 0 Å². The molecule has 0 fully saturated rings. The van der Waals surface area contributed by atoms with E-state index >= 15 is 0 Å². The van der Waals surface area contributed by atoms with Crippen molar-refractivity contribution in [3.8, 4) is 0 Å². The Balaban J connectivity index is 2.08. The van der Waals surface area contributed by atoms with E-state index in [4.69, 9.17) is 0 Å². The SMILES string of the molecule is CC1=[C]([Ru][C]2=C(C)C=CC2)CC=C1. The molecule has 0 heterocycles. The maximum atomic E-state index is 2.29. The third-order valence-corrected chi connectivity index (χ3v) is 5.50. The quantitative estimate of drug-likeness (QED) is 0.665. The molecule has 0 atom stereocenters. The fraction of sp³-hybridized carbons (Fsp3) is 0.333. The van der Waals surface area contributed by atoms with Crippen molar-refractivity contribution in [3.63, 3.8) is 0 Å². The van der Waals surface area contributed by atoms with Crippen molar-refractivity contribution >= 4 is 0 Å².